The van der Waals surface area contributed by atoms with Crippen molar-refractivity contribution in [1.82, 2.24) is 5.32 Å². The summed E-state index contributed by atoms with van der Waals surface area (Å²) < 4.78 is 0. The molecule has 0 saturated heterocycles. The van der Waals surface area contributed by atoms with Crippen LogP contribution in [0.2, 0.25) is 0 Å². The number of nitrogens with one attached hydrogen (secondary N) is 2. The fourth-order valence-electron chi connectivity index (χ4n) is 2.11. The quantitative estimate of drug-likeness (QED) is 0.816. The molecule has 3 nitrogen and oxygen atoms in total. The van der Waals surface area contributed by atoms with Crippen molar-refractivity contribution in [1.29, 1.82) is 0 Å². The molecule has 2 N–H and O–H groups in total. The van der Waals surface area contributed by atoms with Gasteiger partial charge in [0.2, 0.25) is 0 Å². The summed E-state index contributed by atoms with van der Waals surface area (Å²) in [7, 11) is 0. The van der Waals surface area contributed by atoms with Crippen molar-refractivity contribution in [2.45, 2.75) is 19.8 Å². The predicted octanol–water partition coefficient (Wildman–Crippen LogP) is 3.48. The molecule has 0 radical (unpaired) electrons. The van der Waals surface area contributed by atoms with Crippen LogP contribution < -0.4 is 10.6 Å². The number of anilines is 1. The SMILES string of the molecule is CCCNC(=O)c1cccc(NCCc2ccccc2)c1. The van der Waals surface area contributed by atoms with Gasteiger partial charge in [-0.05, 0) is 36.6 Å². The first-order valence-electron chi connectivity index (χ1n) is 7.45. The predicted molar refractivity (Wildman–Crippen MR) is 87.7 cm³/mol. The van der Waals surface area contributed by atoms with E-state index in [-0.39, 0.29) is 5.91 Å². The minimum atomic E-state index is -0.0106. The third-order valence-corrected chi connectivity index (χ3v) is 3.25. The van der Waals surface area contributed by atoms with Crippen LogP contribution in [0.5, 0.6) is 0 Å². The average molecular weight is 282 g/mol. The topological polar surface area (TPSA) is 41.1 Å². The lowest BCUT2D eigenvalue weighted by molar-refractivity contribution is 0.0953. The molecule has 0 aliphatic carbocycles. The molecule has 0 fully saturated rings. The summed E-state index contributed by atoms with van der Waals surface area (Å²) in [5, 5.41) is 6.26. The van der Waals surface area contributed by atoms with Crippen LogP contribution in [0, 0.1) is 0 Å². The van der Waals surface area contributed by atoms with Gasteiger partial charge in [0.15, 0.2) is 0 Å². The molecule has 0 aliphatic rings. The van der Waals surface area contributed by atoms with E-state index in [0.717, 1.165) is 25.1 Å². The van der Waals surface area contributed by atoms with Gasteiger partial charge >= 0.3 is 0 Å². The molecule has 2 aromatic carbocycles. The molecular formula is C18H22N2O. The van der Waals surface area contributed by atoms with Crippen molar-refractivity contribution >= 4 is 11.6 Å². The van der Waals surface area contributed by atoms with Crippen molar-refractivity contribution in [3.8, 4) is 0 Å². The van der Waals surface area contributed by atoms with Gasteiger partial charge < -0.3 is 10.6 Å². The summed E-state index contributed by atoms with van der Waals surface area (Å²) >= 11 is 0. The second-order valence-electron chi connectivity index (χ2n) is 5.00. The molecular weight excluding hydrogens is 260 g/mol. The number of carbonyl (C=O) groups is 1. The fraction of sp³-hybridized carbons (Fsp3) is 0.278. The van der Waals surface area contributed by atoms with Gasteiger partial charge in [-0.25, -0.2) is 0 Å². The third-order valence-electron chi connectivity index (χ3n) is 3.25. The van der Waals surface area contributed by atoms with E-state index in [1.54, 1.807) is 0 Å². The minimum absolute atomic E-state index is 0.0106. The van der Waals surface area contributed by atoms with Gasteiger partial charge in [-0.1, -0.05) is 43.3 Å². The Morgan fingerprint density at radius 2 is 1.81 bits per heavy atom. The zero-order chi connectivity index (χ0) is 14.9. The number of benzene rings is 2. The highest BCUT2D eigenvalue weighted by molar-refractivity contribution is 5.95. The van der Waals surface area contributed by atoms with E-state index in [9.17, 15) is 4.79 Å². The molecule has 0 spiro atoms. The smallest absolute Gasteiger partial charge is 0.251 e. The van der Waals surface area contributed by atoms with Crippen molar-refractivity contribution in [3.05, 3.63) is 65.7 Å². The Bertz CT molecular complexity index is 566. The maximum Gasteiger partial charge on any atom is 0.251 e. The zero-order valence-corrected chi connectivity index (χ0v) is 12.4. The molecule has 0 bridgehead atoms. The van der Waals surface area contributed by atoms with E-state index in [2.05, 4.69) is 22.8 Å². The number of amides is 1. The minimum Gasteiger partial charge on any atom is -0.385 e. The first-order valence-corrected chi connectivity index (χ1v) is 7.45. The number of rotatable bonds is 7. The van der Waals surface area contributed by atoms with E-state index in [0.29, 0.717) is 12.1 Å². The van der Waals surface area contributed by atoms with E-state index < -0.39 is 0 Å². The van der Waals surface area contributed by atoms with Crippen LogP contribution in [0.25, 0.3) is 0 Å². The molecule has 0 atom stereocenters. The monoisotopic (exact) mass is 282 g/mol. The Kier molecular flexibility index (Phi) is 5.83. The van der Waals surface area contributed by atoms with Crippen LogP contribution in [0.3, 0.4) is 0 Å². The first-order chi connectivity index (χ1) is 10.3. The molecule has 0 aliphatic heterocycles. The molecule has 3 heteroatoms. The molecule has 0 saturated carbocycles. The largest absolute Gasteiger partial charge is 0.385 e. The number of hydrogen-bond acceptors (Lipinski definition) is 2. The average Bonchev–Trinajstić information content (AvgIpc) is 2.54. The summed E-state index contributed by atoms with van der Waals surface area (Å²) in [6.45, 7) is 3.61. The zero-order valence-electron chi connectivity index (χ0n) is 12.4. The standard InChI is InChI=1S/C18H22N2O/c1-2-12-20-18(21)16-9-6-10-17(14-16)19-13-11-15-7-4-3-5-8-15/h3-10,14,19H,2,11-13H2,1H3,(H,20,21). The Labute approximate surface area is 126 Å². The van der Waals surface area contributed by atoms with E-state index in [1.165, 1.54) is 5.56 Å². The lowest BCUT2D eigenvalue weighted by atomic mass is 10.1. The van der Waals surface area contributed by atoms with E-state index in [4.69, 9.17) is 0 Å². The normalized spacial score (nSPS) is 10.1. The Morgan fingerprint density at radius 3 is 2.57 bits per heavy atom. The van der Waals surface area contributed by atoms with Crippen LogP contribution >= 0.6 is 0 Å². The Morgan fingerprint density at radius 1 is 1.00 bits per heavy atom. The van der Waals surface area contributed by atoms with E-state index in [1.807, 2.05) is 49.4 Å². The number of hydrogen-bond donors (Lipinski definition) is 2. The van der Waals surface area contributed by atoms with Crippen molar-refractivity contribution in [2.24, 2.45) is 0 Å². The first kappa shape index (κ1) is 15.1. The maximum atomic E-state index is 11.9. The molecule has 0 aromatic heterocycles. The summed E-state index contributed by atoms with van der Waals surface area (Å²) in [5.74, 6) is -0.0106. The van der Waals surface area contributed by atoms with Gasteiger partial charge in [-0.3, -0.25) is 4.79 Å². The number of carbonyl (C=O) groups excluding carboxylic acids is 1. The third kappa shape index (κ3) is 4.95. The molecule has 1 amide bonds. The molecule has 0 heterocycles. The van der Waals surface area contributed by atoms with Gasteiger partial charge in [0.05, 0.1) is 0 Å². The summed E-state index contributed by atoms with van der Waals surface area (Å²) in [6, 6.07) is 18.0. The van der Waals surface area contributed by atoms with Crippen LogP contribution in [0.15, 0.2) is 54.6 Å². The summed E-state index contributed by atoms with van der Waals surface area (Å²) in [5.41, 5.74) is 2.99. The van der Waals surface area contributed by atoms with Crippen molar-refractivity contribution in [3.63, 3.8) is 0 Å². The van der Waals surface area contributed by atoms with Crippen LogP contribution in [0.4, 0.5) is 5.69 Å². The van der Waals surface area contributed by atoms with Crippen LogP contribution in [-0.4, -0.2) is 19.0 Å². The van der Waals surface area contributed by atoms with Crippen LogP contribution in [0.1, 0.15) is 29.3 Å². The van der Waals surface area contributed by atoms with Gasteiger partial charge in [0.1, 0.15) is 0 Å². The van der Waals surface area contributed by atoms with Crippen molar-refractivity contribution < 1.29 is 4.79 Å². The highest BCUT2D eigenvalue weighted by Gasteiger charge is 2.04. The van der Waals surface area contributed by atoms with Gasteiger partial charge in [-0.15, -0.1) is 0 Å². The highest BCUT2D eigenvalue weighted by Crippen LogP contribution is 2.11. The lowest BCUT2D eigenvalue weighted by Gasteiger charge is -2.09. The molecule has 21 heavy (non-hydrogen) atoms. The summed E-state index contributed by atoms with van der Waals surface area (Å²) in [4.78, 5) is 11.9. The van der Waals surface area contributed by atoms with E-state index >= 15 is 0 Å². The lowest BCUT2D eigenvalue weighted by Crippen LogP contribution is -2.24. The molecule has 110 valence electrons. The summed E-state index contributed by atoms with van der Waals surface area (Å²) in [6.07, 6.45) is 1.91. The second kappa shape index (κ2) is 8.10. The van der Waals surface area contributed by atoms with Gasteiger partial charge in [0, 0.05) is 24.3 Å². The second-order valence-corrected chi connectivity index (χ2v) is 5.00. The highest BCUT2D eigenvalue weighted by atomic mass is 16.1. The Hall–Kier alpha value is -2.29. The van der Waals surface area contributed by atoms with Crippen LogP contribution in [-0.2, 0) is 6.42 Å². The molecule has 0 unspecified atom stereocenters. The maximum absolute atomic E-state index is 11.9. The molecule has 2 aromatic rings. The van der Waals surface area contributed by atoms with Gasteiger partial charge in [-0.2, -0.15) is 0 Å². The molecule has 2 rings (SSSR count). The fourth-order valence-corrected chi connectivity index (χ4v) is 2.11. The Balaban J connectivity index is 1.87. The van der Waals surface area contributed by atoms with Crippen molar-refractivity contribution in [2.75, 3.05) is 18.4 Å². The van der Waals surface area contributed by atoms with Gasteiger partial charge in [0.25, 0.3) is 5.91 Å².